The maximum Gasteiger partial charge on any atom is 0.253 e. The number of fused-ring (bicyclic) bond motifs is 4. The molecule has 0 radical (unpaired) electrons. The van der Waals surface area contributed by atoms with Crippen LogP contribution < -0.4 is 9.64 Å². The van der Waals surface area contributed by atoms with Crippen molar-refractivity contribution in [2.24, 2.45) is 0 Å². The van der Waals surface area contributed by atoms with Gasteiger partial charge in [0.25, 0.3) is 5.91 Å². The van der Waals surface area contributed by atoms with Crippen molar-refractivity contribution in [1.82, 2.24) is 14.8 Å². The lowest BCUT2D eigenvalue weighted by molar-refractivity contribution is 0.0772. The molecule has 6 heteroatoms. The molecule has 36 heavy (non-hydrogen) atoms. The van der Waals surface area contributed by atoms with Crippen LogP contribution >= 0.6 is 0 Å². The molecular formula is C30H34N4O2. The monoisotopic (exact) mass is 482 g/mol. The summed E-state index contributed by atoms with van der Waals surface area (Å²) in [5.41, 5.74) is 4.02. The van der Waals surface area contributed by atoms with Crippen molar-refractivity contribution >= 4 is 17.3 Å². The molecule has 6 rings (SSSR count). The van der Waals surface area contributed by atoms with Crippen LogP contribution in [0.2, 0.25) is 0 Å². The number of nitrogens with zero attached hydrogens (tertiary/aromatic N) is 4. The summed E-state index contributed by atoms with van der Waals surface area (Å²) in [7, 11) is 0. The largest absolute Gasteiger partial charge is 0.453 e. The molecule has 1 aromatic heterocycles. The first-order valence-electron chi connectivity index (χ1n) is 13.3. The highest BCUT2D eigenvalue weighted by atomic mass is 16.5. The second kappa shape index (κ2) is 9.58. The Labute approximate surface area is 213 Å². The normalized spacial score (nSPS) is 22.5. The molecule has 2 bridgehead atoms. The highest BCUT2D eigenvalue weighted by Gasteiger charge is 2.44. The van der Waals surface area contributed by atoms with Crippen LogP contribution in [0.15, 0.2) is 66.9 Å². The molecule has 4 heterocycles. The third-order valence-corrected chi connectivity index (χ3v) is 8.16. The number of carbonyl (C=O) groups excluding carboxylic acids is 1. The minimum Gasteiger partial charge on any atom is -0.453 e. The van der Waals surface area contributed by atoms with Gasteiger partial charge < -0.3 is 14.5 Å². The van der Waals surface area contributed by atoms with E-state index < -0.39 is 0 Å². The van der Waals surface area contributed by atoms with Gasteiger partial charge in [0.2, 0.25) is 0 Å². The third-order valence-electron chi connectivity index (χ3n) is 8.16. The maximum atomic E-state index is 13.0. The second-order valence-corrected chi connectivity index (χ2v) is 10.1. The smallest absolute Gasteiger partial charge is 0.253 e. The van der Waals surface area contributed by atoms with E-state index >= 15 is 0 Å². The van der Waals surface area contributed by atoms with Gasteiger partial charge in [-0.25, -0.2) is 0 Å². The fourth-order valence-electron chi connectivity index (χ4n) is 6.40. The summed E-state index contributed by atoms with van der Waals surface area (Å²) in [6.45, 7) is 6.35. The molecule has 3 aliphatic rings. The Hall–Kier alpha value is -3.38. The minimum absolute atomic E-state index is 0.0534. The van der Waals surface area contributed by atoms with Crippen LogP contribution in [0, 0.1) is 0 Å². The first-order chi connectivity index (χ1) is 17.7. The van der Waals surface area contributed by atoms with E-state index in [1.807, 2.05) is 55.3 Å². The van der Waals surface area contributed by atoms with E-state index in [1.54, 1.807) is 0 Å². The summed E-state index contributed by atoms with van der Waals surface area (Å²) in [5.74, 6) is 1.69. The molecule has 3 aliphatic heterocycles. The number of rotatable bonds is 6. The average molecular weight is 483 g/mol. The number of ether oxygens (including phenoxy) is 1. The molecule has 1 amide bonds. The first-order valence-corrected chi connectivity index (χ1v) is 13.3. The van der Waals surface area contributed by atoms with Crippen LogP contribution in [0.25, 0.3) is 0 Å². The van der Waals surface area contributed by atoms with Crippen molar-refractivity contribution in [1.29, 1.82) is 0 Å². The zero-order valence-electron chi connectivity index (χ0n) is 21.1. The molecule has 3 aromatic rings. The van der Waals surface area contributed by atoms with Crippen LogP contribution in [-0.4, -0.2) is 51.9 Å². The molecule has 0 N–H and O–H groups in total. The number of amides is 1. The van der Waals surface area contributed by atoms with Crippen molar-refractivity contribution in [3.8, 4) is 11.5 Å². The van der Waals surface area contributed by atoms with Crippen molar-refractivity contribution in [3.63, 3.8) is 0 Å². The summed E-state index contributed by atoms with van der Waals surface area (Å²) in [6.07, 6.45) is 6.59. The number of para-hydroxylation sites is 2. The van der Waals surface area contributed by atoms with E-state index in [2.05, 4.69) is 45.1 Å². The van der Waals surface area contributed by atoms with E-state index in [1.165, 1.54) is 12.8 Å². The van der Waals surface area contributed by atoms with Gasteiger partial charge in [0.1, 0.15) is 0 Å². The lowest BCUT2D eigenvalue weighted by Gasteiger charge is -2.46. The lowest BCUT2D eigenvalue weighted by atomic mass is 9.93. The second-order valence-electron chi connectivity index (χ2n) is 10.1. The number of hydrogen-bond acceptors (Lipinski definition) is 5. The Balaban J connectivity index is 1.31. The summed E-state index contributed by atoms with van der Waals surface area (Å²) in [6, 6.07) is 22.0. The quantitative estimate of drug-likeness (QED) is 0.431. The number of hydrogen-bond donors (Lipinski definition) is 0. The summed E-state index contributed by atoms with van der Waals surface area (Å²) < 4.78 is 6.37. The first kappa shape index (κ1) is 23.0. The Morgan fingerprint density at radius 1 is 0.917 bits per heavy atom. The van der Waals surface area contributed by atoms with Crippen molar-refractivity contribution in [2.45, 2.75) is 64.2 Å². The molecule has 2 saturated heterocycles. The molecule has 0 aliphatic carbocycles. The number of piperidine rings is 1. The molecule has 6 nitrogen and oxygen atoms in total. The highest BCUT2D eigenvalue weighted by molar-refractivity contribution is 5.96. The molecule has 2 fully saturated rings. The summed E-state index contributed by atoms with van der Waals surface area (Å²) in [4.78, 5) is 24.7. The van der Waals surface area contributed by atoms with Gasteiger partial charge in [-0.05, 0) is 82.0 Å². The predicted molar refractivity (Wildman–Crippen MR) is 142 cm³/mol. The fraction of sp³-hybridized carbons (Fsp3) is 0.400. The number of anilines is 2. The van der Waals surface area contributed by atoms with Gasteiger partial charge in [-0.15, -0.1) is 0 Å². The summed E-state index contributed by atoms with van der Waals surface area (Å²) in [5, 5.41) is 0. The standard InChI is InChI=1S/C30H34N4O2/c1-3-32(4-2)30(35)21-12-15-27-29(17-21)36-28-11-6-5-10-26(28)34(27)25-18-23-13-14-24(19-25)33(23)20-22-9-7-8-16-31-22/h5-12,15-17,23-25H,3-4,13-14,18-20H2,1-2H3/t23-,24+,25+. The van der Waals surface area contributed by atoms with Crippen LogP contribution in [0.5, 0.6) is 11.5 Å². The number of benzene rings is 2. The van der Waals surface area contributed by atoms with Gasteiger partial charge in [0.15, 0.2) is 11.5 Å². The van der Waals surface area contributed by atoms with Crippen molar-refractivity contribution < 1.29 is 9.53 Å². The van der Waals surface area contributed by atoms with Crippen LogP contribution in [0.4, 0.5) is 11.4 Å². The maximum absolute atomic E-state index is 13.0. The van der Waals surface area contributed by atoms with E-state index in [4.69, 9.17) is 4.74 Å². The Morgan fingerprint density at radius 2 is 1.64 bits per heavy atom. The van der Waals surface area contributed by atoms with Gasteiger partial charge in [-0.1, -0.05) is 18.2 Å². The zero-order chi connectivity index (χ0) is 24.6. The third kappa shape index (κ3) is 4.03. The predicted octanol–water partition coefficient (Wildman–Crippen LogP) is 6.00. The van der Waals surface area contributed by atoms with E-state index in [-0.39, 0.29) is 5.91 Å². The topological polar surface area (TPSA) is 48.9 Å². The van der Waals surface area contributed by atoms with Crippen molar-refractivity contribution in [2.75, 3.05) is 18.0 Å². The van der Waals surface area contributed by atoms with Crippen molar-refractivity contribution in [3.05, 3.63) is 78.1 Å². The minimum atomic E-state index is 0.0534. The van der Waals surface area contributed by atoms with Gasteiger partial charge >= 0.3 is 0 Å². The van der Waals surface area contributed by atoms with E-state index in [0.29, 0.717) is 36.8 Å². The van der Waals surface area contributed by atoms with Crippen LogP contribution in [0.3, 0.4) is 0 Å². The van der Waals surface area contributed by atoms with Gasteiger partial charge in [0, 0.05) is 49.5 Å². The SMILES string of the molecule is CCN(CC)C(=O)c1ccc2c(c1)Oc1ccccc1N2[C@H]1C[C@H]2CC[C@@H](C1)N2Cc1ccccn1. The molecule has 0 saturated carbocycles. The van der Waals surface area contributed by atoms with Gasteiger partial charge in [-0.2, -0.15) is 0 Å². The van der Waals surface area contributed by atoms with Gasteiger partial charge in [-0.3, -0.25) is 14.7 Å². The summed E-state index contributed by atoms with van der Waals surface area (Å²) >= 11 is 0. The molecule has 186 valence electrons. The van der Waals surface area contributed by atoms with Crippen LogP contribution in [-0.2, 0) is 6.54 Å². The molecule has 0 spiro atoms. The zero-order valence-corrected chi connectivity index (χ0v) is 21.1. The fourth-order valence-corrected chi connectivity index (χ4v) is 6.40. The molecular weight excluding hydrogens is 448 g/mol. The Morgan fingerprint density at radius 3 is 2.36 bits per heavy atom. The molecule has 2 aromatic carbocycles. The highest BCUT2D eigenvalue weighted by Crippen LogP contribution is 2.51. The van der Waals surface area contributed by atoms with Crippen LogP contribution in [0.1, 0.15) is 55.6 Å². The molecule has 0 unspecified atom stereocenters. The van der Waals surface area contributed by atoms with E-state index in [0.717, 1.165) is 48.0 Å². The lowest BCUT2D eigenvalue weighted by Crippen LogP contribution is -2.49. The Bertz CT molecular complexity index is 1230. The number of carbonyl (C=O) groups is 1. The van der Waals surface area contributed by atoms with Gasteiger partial charge in [0.05, 0.1) is 17.1 Å². The molecule has 3 atom stereocenters. The number of aromatic nitrogens is 1. The number of pyridine rings is 1. The average Bonchev–Trinajstić information content (AvgIpc) is 3.14. The Kier molecular flexibility index (Phi) is 6.13. The van der Waals surface area contributed by atoms with E-state index in [9.17, 15) is 4.79 Å².